The SMILES string of the molecule is CCCn1ncc(Cl)c1C(=O)CCOCC. The Kier molecular flexibility index (Phi) is 5.49. The van der Waals surface area contributed by atoms with Gasteiger partial charge in [0, 0.05) is 19.6 Å². The fourth-order valence-corrected chi connectivity index (χ4v) is 1.70. The molecule has 0 aliphatic heterocycles. The minimum atomic E-state index is -0.00981. The van der Waals surface area contributed by atoms with Crippen molar-refractivity contribution in [2.24, 2.45) is 0 Å². The van der Waals surface area contributed by atoms with Gasteiger partial charge in [0.15, 0.2) is 5.78 Å². The minimum absolute atomic E-state index is 0.00981. The zero-order chi connectivity index (χ0) is 12.0. The van der Waals surface area contributed by atoms with Crippen molar-refractivity contribution in [1.29, 1.82) is 0 Å². The molecule has 0 bridgehead atoms. The van der Waals surface area contributed by atoms with Crippen LogP contribution in [0, 0.1) is 0 Å². The number of nitrogens with zero attached hydrogens (tertiary/aromatic N) is 2. The van der Waals surface area contributed by atoms with Gasteiger partial charge in [0.2, 0.25) is 0 Å². The van der Waals surface area contributed by atoms with Crippen LogP contribution in [0.15, 0.2) is 6.20 Å². The molecule has 1 heterocycles. The standard InChI is InChI=1S/C11H17ClN2O2/c1-3-6-14-11(9(12)8-13-14)10(15)5-7-16-4-2/h8H,3-7H2,1-2H3. The molecule has 16 heavy (non-hydrogen) atoms. The lowest BCUT2D eigenvalue weighted by Gasteiger charge is -2.05. The third-order valence-corrected chi connectivity index (χ3v) is 2.45. The van der Waals surface area contributed by atoms with Gasteiger partial charge in [-0.2, -0.15) is 5.10 Å². The molecule has 5 heteroatoms. The van der Waals surface area contributed by atoms with Crippen molar-refractivity contribution in [3.8, 4) is 0 Å². The third-order valence-electron chi connectivity index (χ3n) is 2.17. The van der Waals surface area contributed by atoms with E-state index in [4.69, 9.17) is 16.3 Å². The number of carbonyl (C=O) groups excluding carboxylic acids is 1. The predicted octanol–water partition coefficient (Wildman–Crippen LogP) is 2.56. The Balaban J connectivity index is 2.69. The van der Waals surface area contributed by atoms with Crippen molar-refractivity contribution < 1.29 is 9.53 Å². The lowest BCUT2D eigenvalue weighted by molar-refractivity contribution is 0.0885. The van der Waals surface area contributed by atoms with Crippen LogP contribution in [0.5, 0.6) is 0 Å². The predicted molar refractivity (Wildman–Crippen MR) is 63.0 cm³/mol. The summed E-state index contributed by atoms with van der Waals surface area (Å²) in [5.74, 6) is -0.00981. The van der Waals surface area contributed by atoms with E-state index in [0.29, 0.717) is 36.9 Å². The molecule has 4 nitrogen and oxygen atoms in total. The van der Waals surface area contributed by atoms with Crippen LogP contribution in [-0.4, -0.2) is 28.8 Å². The molecule has 0 aliphatic rings. The molecular formula is C11H17ClN2O2. The van der Waals surface area contributed by atoms with Crippen LogP contribution in [0.25, 0.3) is 0 Å². The van der Waals surface area contributed by atoms with Gasteiger partial charge < -0.3 is 4.74 Å². The highest BCUT2D eigenvalue weighted by atomic mass is 35.5. The van der Waals surface area contributed by atoms with E-state index >= 15 is 0 Å². The fourth-order valence-electron chi connectivity index (χ4n) is 1.45. The van der Waals surface area contributed by atoms with Crippen LogP contribution < -0.4 is 0 Å². The van der Waals surface area contributed by atoms with E-state index in [9.17, 15) is 4.79 Å². The molecule has 0 saturated carbocycles. The molecule has 0 radical (unpaired) electrons. The summed E-state index contributed by atoms with van der Waals surface area (Å²) < 4.78 is 6.81. The Morgan fingerprint density at radius 2 is 2.31 bits per heavy atom. The third kappa shape index (κ3) is 3.32. The van der Waals surface area contributed by atoms with Gasteiger partial charge >= 0.3 is 0 Å². The number of Topliss-reactive ketones (excluding diaryl/α,β-unsaturated/α-hetero) is 1. The summed E-state index contributed by atoms with van der Waals surface area (Å²) in [5, 5.41) is 4.50. The highest BCUT2D eigenvalue weighted by Crippen LogP contribution is 2.17. The first kappa shape index (κ1) is 13.2. The van der Waals surface area contributed by atoms with Gasteiger partial charge in [0.25, 0.3) is 0 Å². The largest absolute Gasteiger partial charge is 0.381 e. The number of ether oxygens (including phenoxy) is 1. The van der Waals surface area contributed by atoms with Crippen LogP contribution in [-0.2, 0) is 11.3 Å². The molecule has 0 fully saturated rings. The van der Waals surface area contributed by atoms with Gasteiger partial charge in [0.1, 0.15) is 5.69 Å². The highest BCUT2D eigenvalue weighted by Gasteiger charge is 2.16. The van der Waals surface area contributed by atoms with Gasteiger partial charge in [-0.25, -0.2) is 0 Å². The first-order chi connectivity index (χ1) is 7.70. The molecule has 1 aromatic rings. The van der Waals surface area contributed by atoms with Crippen LogP contribution in [0.1, 0.15) is 37.2 Å². The summed E-state index contributed by atoms with van der Waals surface area (Å²) in [5.41, 5.74) is 0.503. The van der Waals surface area contributed by atoms with E-state index in [1.807, 2.05) is 13.8 Å². The van der Waals surface area contributed by atoms with E-state index in [2.05, 4.69) is 5.10 Å². The Hall–Kier alpha value is -0.870. The number of aromatic nitrogens is 2. The number of hydrogen-bond donors (Lipinski definition) is 0. The maximum atomic E-state index is 11.9. The maximum Gasteiger partial charge on any atom is 0.184 e. The summed E-state index contributed by atoms with van der Waals surface area (Å²) in [6.07, 6.45) is 2.79. The van der Waals surface area contributed by atoms with Crippen molar-refractivity contribution in [2.75, 3.05) is 13.2 Å². The molecule has 0 amide bonds. The topological polar surface area (TPSA) is 44.1 Å². The van der Waals surface area contributed by atoms with E-state index < -0.39 is 0 Å². The zero-order valence-electron chi connectivity index (χ0n) is 9.70. The first-order valence-electron chi connectivity index (χ1n) is 5.52. The van der Waals surface area contributed by atoms with Crippen molar-refractivity contribution in [2.45, 2.75) is 33.2 Å². The summed E-state index contributed by atoms with van der Waals surface area (Å²) >= 11 is 5.94. The number of aryl methyl sites for hydroxylation is 1. The first-order valence-corrected chi connectivity index (χ1v) is 5.90. The van der Waals surface area contributed by atoms with E-state index in [0.717, 1.165) is 6.42 Å². The Bertz CT molecular complexity index is 350. The molecule has 90 valence electrons. The van der Waals surface area contributed by atoms with Gasteiger partial charge in [-0.1, -0.05) is 18.5 Å². The fraction of sp³-hybridized carbons (Fsp3) is 0.636. The summed E-state index contributed by atoms with van der Waals surface area (Å²) in [6, 6.07) is 0. The van der Waals surface area contributed by atoms with Crippen molar-refractivity contribution in [3.05, 3.63) is 16.9 Å². The maximum absolute atomic E-state index is 11.9. The zero-order valence-corrected chi connectivity index (χ0v) is 10.5. The van der Waals surface area contributed by atoms with Crippen molar-refractivity contribution >= 4 is 17.4 Å². The van der Waals surface area contributed by atoms with Crippen molar-refractivity contribution in [1.82, 2.24) is 9.78 Å². The summed E-state index contributed by atoms with van der Waals surface area (Å²) in [6.45, 7) is 5.70. The quantitative estimate of drug-likeness (QED) is 0.547. The average Bonchev–Trinajstić information content (AvgIpc) is 2.61. The van der Waals surface area contributed by atoms with Gasteiger partial charge in [-0.3, -0.25) is 9.48 Å². The lowest BCUT2D eigenvalue weighted by Crippen LogP contribution is -2.13. The van der Waals surface area contributed by atoms with Gasteiger partial charge in [-0.05, 0) is 13.3 Å². The minimum Gasteiger partial charge on any atom is -0.381 e. The van der Waals surface area contributed by atoms with Gasteiger partial charge in [-0.15, -0.1) is 0 Å². The van der Waals surface area contributed by atoms with Gasteiger partial charge in [0.05, 0.1) is 17.8 Å². The molecule has 0 spiro atoms. The monoisotopic (exact) mass is 244 g/mol. The Morgan fingerprint density at radius 1 is 1.56 bits per heavy atom. The summed E-state index contributed by atoms with van der Waals surface area (Å²) in [4.78, 5) is 11.9. The van der Waals surface area contributed by atoms with Crippen LogP contribution in [0.3, 0.4) is 0 Å². The molecule has 0 saturated heterocycles. The number of ketones is 1. The van der Waals surface area contributed by atoms with Crippen molar-refractivity contribution in [3.63, 3.8) is 0 Å². The van der Waals surface area contributed by atoms with Crippen LogP contribution >= 0.6 is 11.6 Å². The molecular weight excluding hydrogens is 228 g/mol. The molecule has 1 aromatic heterocycles. The normalized spacial score (nSPS) is 10.7. The number of rotatable bonds is 7. The molecule has 0 aromatic carbocycles. The second-order valence-electron chi connectivity index (χ2n) is 3.43. The second kappa shape index (κ2) is 6.66. The number of halogens is 1. The lowest BCUT2D eigenvalue weighted by atomic mass is 10.2. The Morgan fingerprint density at radius 3 is 2.94 bits per heavy atom. The van der Waals surface area contributed by atoms with E-state index in [1.54, 1.807) is 4.68 Å². The van der Waals surface area contributed by atoms with E-state index in [1.165, 1.54) is 6.20 Å². The second-order valence-corrected chi connectivity index (χ2v) is 3.84. The molecule has 0 atom stereocenters. The number of hydrogen-bond acceptors (Lipinski definition) is 3. The van der Waals surface area contributed by atoms with E-state index in [-0.39, 0.29) is 5.78 Å². The van der Waals surface area contributed by atoms with Crippen LogP contribution in [0.2, 0.25) is 5.02 Å². The molecule has 1 rings (SSSR count). The average molecular weight is 245 g/mol. The number of carbonyl (C=O) groups is 1. The molecule has 0 N–H and O–H groups in total. The highest BCUT2D eigenvalue weighted by molar-refractivity contribution is 6.33. The summed E-state index contributed by atoms with van der Waals surface area (Å²) in [7, 11) is 0. The Labute approximate surface area is 101 Å². The smallest absolute Gasteiger partial charge is 0.184 e. The molecule has 0 aliphatic carbocycles. The van der Waals surface area contributed by atoms with Crippen LogP contribution in [0.4, 0.5) is 0 Å². The molecule has 0 unspecified atom stereocenters.